The maximum Gasteiger partial charge on any atom is 0.253 e. The second-order valence-electron chi connectivity index (χ2n) is 4.48. The molecular weight excluding hydrogens is 268 g/mol. The number of nitrogens with one attached hydrogen (secondary N) is 1. The minimum Gasteiger partial charge on any atom is -0.455 e. The number of hydrogen-bond donors (Lipinski definition) is 2. The number of nitrogens with two attached hydrogens (primary N) is 1. The molecule has 104 valence electrons. The molecule has 3 aromatic carbocycles. The van der Waals surface area contributed by atoms with Gasteiger partial charge < -0.3 is 15.8 Å². The Hall–Kier alpha value is -3.08. The summed E-state index contributed by atoms with van der Waals surface area (Å²) in [6, 6.07) is 16.4. The molecule has 3 aromatic rings. The Balaban J connectivity index is 1.90. The minimum absolute atomic E-state index is 0.0467. The Labute approximate surface area is 120 Å². The summed E-state index contributed by atoms with van der Waals surface area (Å²) in [4.78, 5) is 22.6. The Morgan fingerprint density at radius 1 is 0.857 bits per heavy atom. The van der Waals surface area contributed by atoms with Crippen molar-refractivity contribution in [1.29, 1.82) is 0 Å². The summed E-state index contributed by atoms with van der Waals surface area (Å²) in [5.74, 6) is 1.21. The fourth-order valence-electron chi connectivity index (χ4n) is 1.94. The first-order valence-electron chi connectivity index (χ1n) is 6.34. The first kappa shape index (κ1) is 12.9. The standard InChI is InChI=1S/C16H12N2O3/c17-13-14(16(20)15(13)19)18-11-8-4-5-9-12(11)21-10-6-2-1-3-7-10/h1-9,18H,17H2. The number of rotatable bonds is 4. The molecule has 3 N–H and O–H groups in total. The van der Waals surface area contributed by atoms with Crippen LogP contribution in [0.2, 0.25) is 0 Å². The van der Waals surface area contributed by atoms with E-state index in [2.05, 4.69) is 5.32 Å². The first-order chi connectivity index (χ1) is 10.2. The Bertz CT molecular complexity index is 850. The van der Waals surface area contributed by atoms with Gasteiger partial charge in [0.1, 0.15) is 17.1 Å². The van der Waals surface area contributed by atoms with E-state index in [0.29, 0.717) is 17.2 Å². The zero-order valence-electron chi connectivity index (χ0n) is 11.0. The zero-order chi connectivity index (χ0) is 14.8. The molecule has 0 aromatic heterocycles. The van der Waals surface area contributed by atoms with E-state index in [9.17, 15) is 9.59 Å². The number of benzene rings is 2. The Morgan fingerprint density at radius 3 is 2.24 bits per heavy atom. The van der Waals surface area contributed by atoms with Gasteiger partial charge in [-0.3, -0.25) is 9.59 Å². The van der Waals surface area contributed by atoms with Crippen LogP contribution in [0.4, 0.5) is 17.1 Å². The average Bonchev–Trinajstić information content (AvgIpc) is 2.54. The molecule has 21 heavy (non-hydrogen) atoms. The maximum atomic E-state index is 11.5. The highest BCUT2D eigenvalue weighted by Crippen LogP contribution is 2.31. The maximum absolute atomic E-state index is 11.5. The molecule has 0 aliphatic rings. The van der Waals surface area contributed by atoms with E-state index in [1.54, 1.807) is 18.2 Å². The Morgan fingerprint density at radius 2 is 1.52 bits per heavy atom. The van der Waals surface area contributed by atoms with Crippen LogP contribution >= 0.6 is 0 Å². The normalized spacial score (nSPS) is 10.5. The molecule has 0 amide bonds. The number of ether oxygens (including phenoxy) is 1. The molecule has 0 unspecified atom stereocenters. The number of nitrogen functional groups attached to an aromatic ring is 1. The van der Waals surface area contributed by atoms with E-state index in [0.717, 1.165) is 0 Å². The monoisotopic (exact) mass is 280 g/mol. The molecule has 0 saturated carbocycles. The van der Waals surface area contributed by atoms with Crippen LogP contribution in [-0.4, -0.2) is 0 Å². The van der Waals surface area contributed by atoms with Crippen molar-refractivity contribution in [3.05, 3.63) is 75.0 Å². The summed E-state index contributed by atoms with van der Waals surface area (Å²) in [6.07, 6.45) is 0. The third-order valence-corrected chi connectivity index (χ3v) is 3.06. The minimum atomic E-state index is -0.654. The lowest BCUT2D eigenvalue weighted by Crippen LogP contribution is -2.36. The van der Waals surface area contributed by atoms with Gasteiger partial charge in [0, 0.05) is 0 Å². The summed E-state index contributed by atoms with van der Waals surface area (Å²) in [7, 11) is 0. The zero-order valence-corrected chi connectivity index (χ0v) is 11.0. The van der Waals surface area contributed by atoms with Crippen molar-refractivity contribution in [2.45, 2.75) is 0 Å². The van der Waals surface area contributed by atoms with Crippen LogP contribution in [0.25, 0.3) is 0 Å². The number of anilines is 3. The number of hydrogen-bond acceptors (Lipinski definition) is 5. The molecule has 0 fully saturated rings. The molecule has 0 aliphatic carbocycles. The van der Waals surface area contributed by atoms with Crippen molar-refractivity contribution < 1.29 is 4.74 Å². The molecule has 0 atom stereocenters. The third-order valence-electron chi connectivity index (χ3n) is 3.06. The largest absolute Gasteiger partial charge is 0.455 e. The highest BCUT2D eigenvalue weighted by molar-refractivity contribution is 5.78. The molecule has 0 spiro atoms. The summed E-state index contributed by atoms with van der Waals surface area (Å²) in [6.45, 7) is 0. The van der Waals surface area contributed by atoms with Gasteiger partial charge in [0.25, 0.3) is 10.9 Å². The van der Waals surface area contributed by atoms with Crippen LogP contribution in [-0.2, 0) is 0 Å². The third kappa shape index (κ3) is 2.36. The van der Waals surface area contributed by atoms with Crippen LogP contribution in [0.15, 0.2) is 64.2 Å². The number of para-hydroxylation sites is 3. The van der Waals surface area contributed by atoms with Crippen molar-refractivity contribution in [3.8, 4) is 11.5 Å². The fraction of sp³-hybridized carbons (Fsp3) is 0. The summed E-state index contributed by atoms with van der Waals surface area (Å²) in [5.41, 5.74) is 4.89. The fourth-order valence-corrected chi connectivity index (χ4v) is 1.94. The molecule has 0 heterocycles. The van der Waals surface area contributed by atoms with E-state index in [4.69, 9.17) is 10.5 Å². The van der Waals surface area contributed by atoms with E-state index in [-0.39, 0.29) is 11.4 Å². The van der Waals surface area contributed by atoms with Crippen LogP contribution < -0.4 is 26.6 Å². The smallest absolute Gasteiger partial charge is 0.253 e. The van der Waals surface area contributed by atoms with Crippen molar-refractivity contribution >= 4 is 17.1 Å². The summed E-state index contributed by atoms with van der Waals surface area (Å²) in [5, 5.41) is 2.86. The predicted octanol–water partition coefficient (Wildman–Crippen LogP) is 2.40. The van der Waals surface area contributed by atoms with Crippen LogP contribution in [0, 0.1) is 0 Å². The van der Waals surface area contributed by atoms with E-state index in [1.165, 1.54) is 0 Å². The quantitative estimate of drug-likeness (QED) is 0.717. The highest BCUT2D eigenvalue weighted by Gasteiger charge is 2.19. The van der Waals surface area contributed by atoms with Gasteiger partial charge in [0.15, 0.2) is 5.75 Å². The van der Waals surface area contributed by atoms with E-state index in [1.807, 2.05) is 36.4 Å². The van der Waals surface area contributed by atoms with Crippen molar-refractivity contribution in [3.63, 3.8) is 0 Å². The summed E-state index contributed by atoms with van der Waals surface area (Å²) >= 11 is 0. The van der Waals surface area contributed by atoms with Gasteiger partial charge in [-0.1, -0.05) is 30.3 Å². The topological polar surface area (TPSA) is 81.4 Å². The highest BCUT2D eigenvalue weighted by atomic mass is 16.5. The van der Waals surface area contributed by atoms with Crippen LogP contribution in [0.3, 0.4) is 0 Å². The van der Waals surface area contributed by atoms with Gasteiger partial charge >= 0.3 is 0 Å². The molecule has 5 nitrogen and oxygen atoms in total. The van der Waals surface area contributed by atoms with E-state index < -0.39 is 10.9 Å². The molecule has 0 aliphatic heterocycles. The molecule has 3 rings (SSSR count). The van der Waals surface area contributed by atoms with Gasteiger partial charge in [0.2, 0.25) is 0 Å². The van der Waals surface area contributed by atoms with Gasteiger partial charge in [-0.25, -0.2) is 0 Å². The second-order valence-corrected chi connectivity index (χ2v) is 4.48. The lowest BCUT2D eigenvalue weighted by atomic mass is 10.2. The average molecular weight is 280 g/mol. The molecule has 0 bridgehead atoms. The van der Waals surface area contributed by atoms with Gasteiger partial charge in [0.05, 0.1) is 5.69 Å². The van der Waals surface area contributed by atoms with Crippen molar-refractivity contribution in [2.75, 3.05) is 11.1 Å². The molecule has 0 saturated heterocycles. The Kier molecular flexibility index (Phi) is 3.16. The lowest BCUT2D eigenvalue weighted by Gasteiger charge is -2.14. The molecule has 5 heteroatoms. The molecular formula is C16H12N2O3. The van der Waals surface area contributed by atoms with Crippen molar-refractivity contribution in [1.82, 2.24) is 0 Å². The SMILES string of the molecule is Nc1c(Nc2ccccc2Oc2ccccc2)c(=O)c1=O. The lowest BCUT2D eigenvalue weighted by molar-refractivity contribution is 0.485. The predicted molar refractivity (Wildman–Crippen MR) is 82.0 cm³/mol. The van der Waals surface area contributed by atoms with Crippen molar-refractivity contribution in [2.24, 2.45) is 0 Å². The van der Waals surface area contributed by atoms with Gasteiger partial charge in [-0.2, -0.15) is 0 Å². The van der Waals surface area contributed by atoms with E-state index >= 15 is 0 Å². The van der Waals surface area contributed by atoms with Crippen LogP contribution in [0.5, 0.6) is 11.5 Å². The summed E-state index contributed by atoms with van der Waals surface area (Å²) < 4.78 is 5.75. The van der Waals surface area contributed by atoms with Gasteiger partial charge in [-0.05, 0) is 24.3 Å². The van der Waals surface area contributed by atoms with Gasteiger partial charge in [-0.15, -0.1) is 0 Å². The first-order valence-corrected chi connectivity index (χ1v) is 6.34. The molecule has 0 radical (unpaired) electrons. The second kappa shape index (κ2) is 5.13. The van der Waals surface area contributed by atoms with Crippen LogP contribution in [0.1, 0.15) is 0 Å².